The first kappa shape index (κ1) is 21.6. The summed E-state index contributed by atoms with van der Waals surface area (Å²) in [5.74, 6) is -1.23. The van der Waals surface area contributed by atoms with E-state index in [0.29, 0.717) is 0 Å². The van der Waals surface area contributed by atoms with Crippen molar-refractivity contribution < 1.29 is 22.7 Å². The molecule has 2 N–H and O–H groups in total. The van der Waals surface area contributed by atoms with Gasteiger partial charge in [-0.25, -0.2) is 17.9 Å². The van der Waals surface area contributed by atoms with Crippen LogP contribution < -0.4 is 10.0 Å². The monoisotopic (exact) mass is 407 g/mol. The van der Waals surface area contributed by atoms with E-state index < -0.39 is 28.5 Å². The first-order valence-electron chi connectivity index (χ1n) is 8.83. The van der Waals surface area contributed by atoms with Crippen LogP contribution in [0.1, 0.15) is 41.5 Å². The SMILES string of the molecule is CCc1ccc(C(C)NC(=O)COC(=O)c2cc(S(=O)(=O)NC)cn2C)cc1. The summed E-state index contributed by atoms with van der Waals surface area (Å²) in [6.07, 6.45) is 2.23. The molecule has 1 atom stereocenters. The van der Waals surface area contributed by atoms with Crippen molar-refractivity contribution in [2.24, 2.45) is 7.05 Å². The normalized spacial score (nSPS) is 12.4. The van der Waals surface area contributed by atoms with Crippen molar-refractivity contribution in [1.82, 2.24) is 14.6 Å². The van der Waals surface area contributed by atoms with E-state index in [-0.39, 0.29) is 16.6 Å². The van der Waals surface area contributed by atoms with Gasteiger partial charge in [0, 0.05) is 13.2 Å². The molecule has 8 nitrogen and oxygen atoms in total. The second-order valence-electron chi connectivity index (χ2n) is 6.34. The first-order chi connectivity index (χ1) is 13.2. The van der Waals surface area contributed by atoms with Crippen LogP contribution >= 0.6 is 0 Å². The molecule has 0 saturated heterocycles. The number of ether oxygens (including phenoxy) is 1. The van der Waals surface area contributed by atoms with Crippen molar-refractivity contribution >= 4 is 21.9 Å². The number of hydrogen-bond acceptors (Lipinski definition) is 5. The lowest BCUT2D eigenvalue weighted by molar-refractivity contribution is -0.124. The molecule has 2 rings (SSSR count). The van der Waals surface area contributed by atoms with E-state index in [1.54, 1.807) is 0 Å². The average molecular weight is 407 g/mol. The van der Waals surface area contributed by atoms with Gasteiger partial charge in [-0.05, 0) is 37.6 Å². The molecule has 1 unspecified atom stereocenters. The highest BCUT2D eigenvalue weighted by Gasteiger charge is 2.21. The average Bonchev–Trinajstić information content (AvgIpc) is 3.08. The van der Waals surface area contributed by atoms with Crippen LogP contribution in [0.15, 0.2) is 41.4 Å². The molecule has 152 valence electrons. The molecule has 1 heterocycles. The summed E-state index contributed by atoms with van der Waals surface area (Å²) in [6.45, 7) is 3.45. The highest BCUT2D eigenvalue weighted by atomic mass is 32.2. The molecule has 1 aromatic carbocycles. The third-order valence-electron chi connectivity index (χ3n) is 4.37. The van der Waals surface area contributed by atoms with Crippen LogP contribution in [0.3, 0.4) is 0 Å². The lowest BCUT2D eigenvalue weighted by atomic mass is 10.1. The number of rotatable bonds is 8. The van der Waals surface area contributed by atoms with Gasteiger partial charge >= 0.3 is 5.97 Å². The van der Waals surface area contributed by atoms with Crippen LogP contribution in [-0.4, -0.2) is 38.5 Å². The van der Waals surface area contributed by atoms with E-state index in [2.05, 4.69) is 17.0 Å². The number of esters is 1. The van der Waals surface area contributed by atoms with Crippen LogP contribution in [0.2, 0.25) is 0 Å². The van der Waals surface area contributed by atoms with E-state index >= 15 is 0 Å². The molecular weight excluding hydrogens is 382 g/mol. The second-order valence-corrected chi connectivity index (χ2v) is 8.23. The van der Waals surface area contributed by atoms with Crippen molar-refractivity contribution in [2.45, 2.75) is 31.2 Å². The summed E-state index contributed by atoms with van der Waals surface area (Å²) in [4.78, 5) is 24.2. The van der Waals surface area contributed by atoms with Crippen molar-refractivity contribution in [2.75, 3.05) is 13.7 Å². The molecule has 0 aliphatic rings. The van der Waals surface area contributed by atoms with E-state index in [9.17, 15) is 18.0 Å². The molecule has 1 aromatic heterocycles. The Morgan fingerprint density at radius 1 is 1.21 bits per heavy atom. The van der Waals surface area contributed by atoms with E-state index in [1.807, 2.05) is 31.2 Å². The number of carbonyl (C=O) groups is 2. The predicted molar refractivity (Wildman–Crippen MR) is 104 cm³/mol. The van der Waals surface area contributed by atoms with Gasteiger partial charge in [0.05, 0.1) is 6.04 Å². The minimum atomic E-state index is -3.67. The zero-order chi connectivity index (χ0) is 20.9. The van der Waals surface area contributed by atoms with E-state index in [1.165, 1.54) is 36.5 Å². The van der Waals surface area contributed by atoms with Gasteiger partial charge in [0.2, 0.25) is 10.0 Å². The summed E-state index contributed by atoms with van der Waals surface area (Å²) >= 11 is 0. The van der Waals surface area contributed by atoms with Crippen LogP contribution in [-0.2, 0) is 33.0 Å². The fraction of sp³-hybridized carbons (Fsp3) is 0.368. The molecule has 0 spiro atoms. The number of nitrogens with zero attached hydrogens (tertiary/aromatic N) is 1. The van der Waals surface area contributed by atoms with Crippen LogP contribution in [0.5, 0.6) is 0 Å². The smallest absolute Gasteiger partial charge is 0.355 e. The highest BCUT2D eigenvalue weighted by Crippen LogP contribution is 2.15. The number of aryl methyl sites for hydroxylation is 2. The second kappa shape index (κ2) is 9.03. The largest absolute Gasteiger partial charge is 0.451 e. The Labute approximate surface area is 164 Å². The van der Waals surface area contributed by atoms with Crippen molar-refractivity contribution in [3.8, 4) is 0 Å². The summed E-state index contributed by atoms with van der Waals surface area (Å²) in [5, 5.41) is 2.76. The Kier molecular flexibility index (Phi) is 6.98. The Hall–Kier alpha value is -2.65. The first-order valence-corrected chi connectivity index (χ1v) is 10.3. The van der Waals surface area contributed by atoms with E-state index in [0.717, 1.165) is 12.0 Å². The quantitative estimate of drug-likeness (QED) is 0.646. The Morgan fingerprint density at radius 2 is 1.86 bits per heavy atom. The Balaban J connectivity index is 1.94. The van der Waals surface area contributed by atoms with Gasteiger partial charge in [0.1, 0.15) is 10.6 Å². The summed E-state index contributed by atoms with van der Waals surface area (Å²) in [7, 11) is -0.874. The van der Waals surface area contributed by atoms with Gasteiger partial charge in [-0.1, -0.05) is 31.2 Å². The highest BCUT2D eigenvalue weighted by molar-refractivity contribution is 7.89. The standard InChI is InChI=1S/C19H25N3O5S/c1-5-14-6-8-15(9-7-14)13(2)21-18(23)12-27-19(24)17-10-16(11-22(17)4)28(25,26)20-3/h6-11,13,20H,5,12H2,1-4H3,(H,21,23). The van der Waals surface area contributed by atoms with Crippen molar-refractivity contribution in [1.29, 1.82) is 0 Å². The minimum absolute atomic E-state index is 0.0322. The molecular formula is C19H25N3O5S. The topological polar surface area (TPSA) is 106 Å². The van der Waals surface area contributed by atoms with Gasteiger partial charge < -0.3 is 14.6 Å². The summed E-state index contributed by atoms with van der Waals surface area (Å²) < 4.78 is 32.1. The zero-order valence-electron chi connectivity index (χ0n) is 16.4. The maximum Gasteiger partial charge on any atom is 0.355 e. The molecule has 28 heavy (non-hydrogen) atoms. The minimum Gasteiger partial charge on any atom is -0.451 e. The summed E-state index contributed by atoms with van der Waals surface area (Å²) in [5.41, 5.74) is 2.18. The molecule has 2 aromatic rings. The lowest BCUT2D eigenvalue weighted by Crippen LogP contribution is -2.31. The maximum absolute atomic E-state index is 12.2. The number of carbonyl (C=O) groups excluding carboxylic acids is 2. The van der Waals surface area contributed by atoms with Gasteiger partial charge in [0.25, 0.3) is 5.91 Å². The Bertz CT molecular complexity index is 948. The van der Waals surface area contributed by atoms with Gasteiger partial charge in [-0.2, -0.15) is 0 Å². The third-order valence-corrected chi connectivity index (χ3v) is 5.75. The molecule has 0 aliphatic heterocycles. The number of amides is 1. The molecule has 0 saturated carbocycles. The van der Waals surface area contributed by atoms with Crippen molar-refractivity contribution in [3.05, 3.63) is 53.3 Å². The third kappa shape index (κ3) is 5.20. The van der Waals surface area contributed by atoms with Crippen LogP contribution in [0, 0.1) is 0 Å². The molecule has 0 aliphatic carbocycles. The van der Waals surface area contributed by atoms with Crippen LogP contribution in [0.4, 0.5) is 0 Å². The summed E-state index contributed by atoms with van der Waals surface area (Å²) in [6, 6.07) is 8.87. The Morgan fingerprint density at radius 3 is 2.43 bits per heavy atom. The fourth-order valence-electron chi connectivity index (χ4n) is 2.62. The number of benzene rings is 1. The fourth-order valence-corrected chi connectivity index (χ4v) is 3.41. The molecule has 0 fully saturated rings. The molecule has 0 radical (unpaired) electrons. The predicted octanol–water partition coefficient (Wildman–Crippen LogP) is 1.53. The lowest BCUT2D eigenvalue weighted by Gasteiger charge is -2.15. The number of hydrogen-bond donors (Lipinski definition) is 2. The van der Waals surface area contributed by atoms with Crippen molar-refractivity contribution in [3.63, 3.8) is 0 Å². The number of nitrogens with one attached hydrogen (secondary N) is 2. The zero-order valence-corrected chi connectivity index (χ0v) is 17.2. The van der Waals surface area contributed by atoms with E-state index in [4.69, 9.17) is 4.74 Å². The van der Waals surface area contributed by atoms with Gasteiger partial charge in [-0.15, -0.1) is 0 Å². The number of aromatic nitrogens is 1. The maximum atomic E-state index is 12.2. The van der Waals surface area contributed by atoms with Gasteiger partial charge in [0.15, 0.2) is 6.61 Å². The number of sulfonamides is 1. The molecule has 0 bridgehead atoms. The van der Waals surface area contributed by atoms with Crippen LogP contribution in [0.25, 0.3) is 0 Å². The van der Waals surface area contributed by atoms with Gasteiger partial charge in [-0.3, -0.25) is 4.79 Å². The molecule has 1 amide bonds. The molecule has 9 heteroatoms.